The molecular weight excluding hydrogens is 411 g/mol. The largest absolute Gasteiger partial charge is 0.416 e. The van der Waals surface area contributed by atoms with Gasteiger partial charge in [-0.3, -0.25) is 9.59 Å². The molecule has 1 heterocycles. The number of aromatic nitrogens is 3. The van der Waals surface area contributed by atoms with Crippen molar-refractivity contribution in [2.75, 3.05) is 0 Å². The lowest BCUT2D eigenvalue weighted by atomic mass is 10.1. The highest BCUT2D eigenvalue weighted by Crippen LogP contribution is 2.29. The second kappa shape index (κ2) is 8.31. The van der Waals surface area contributed by atoms with Crippen molar-refractivity contribution in [3.05, 3.63) is 86.3 Å². The molecule has 2 N–H and O–H groups in total. The summed E-state index contributed by atoms with van der Waals surface area (Å²) >= 11 is 5.99. The van der Waals surface area contributed by atoms with Gasteiger partial charge in [0, 0.05) is 17.1 Å². The fourth-order valence-corrected chi connectivity index (χ4v) is 2.48. The molecule has 1 aromatic heterocycles. The Kier molecular flexibility index (Phi) is 5.83. The van der Waals surface area contributed by atoms with Crippen molar-refractivity contribution >= 4 is 23.7 Å². The lowest BCUT2D eigenvalue weighted by Crippen LogP contribution is -2.29. The molecule has 7 nitrogen and oxygen atoms in total. The molecule has 29 heavy (non-hydrogen) atoms. The first-order chi connectivity index (χ1) is 13.8. The number of nitrogens with one attached hydrogen (secondary N) is 2. The van der Waals surface area contributed by atoms with Crippen molar-refractivity contribution in [3.63, 3.8) is 0 Å². The topological polar surface area (TPSA) is 92.1 Å². The van der Waals surface area contributed by atoms with E-state index in [0.717, 1.165) is 16.9 Å². The number of alkyl halides is 3. The average Bonchev–Trinajstić information content (AvgIpc) is 3.06. The standard InChI is InChI=1S/C18H13ClF3N5O2/c19-14-4-2-1-3-12(14)10-24-27-17(29)15(25-26-27)16(28)23-9-11-5-7-13(8-6-11)18(20,21)22/h1-8,10,26H,9H2,(H,23,28). The van der Waals surface area contributed by atoms with Crippen molar-refractivity contribution in [2.24, 2.45) is 5.10 Å². The Labute approximate surface area is 166 Å². The van der Waals surface area contributed by atoms with E-state index < -0.39 is 28.9 Å². The summed E-state index contributed by atoms with van der Waals surface area (Å²) < 4.78 is 37.7. The Morgan fingerprint density at radius 3 is 2.55 bits per heavy atom. The molecule has 0 fully saturated rings. The van der Waals surface area contributed by atoms with E-state index in [9.17, 15) is 22.8 Å². The summed E-state index contributed by atoms with van der Waals surface area (Å²) in [6.07, 6.45) is -3.11. The van der Waals surface area contributed by atoms with Crippen LogP contribution in [0.3, 0.4) is 0 Å². The van der Waals surface area contributed by atoms with E-state index in [2.05, 4.69) is 20.7 Å². The zero-order valence-electron chi connectivity index (χ0n) is 14.6. The monoisotopic (exact) mass is 423 g/mol. The van der Waals surface area contributed by atoms with Crippen LogP contribution in [0.4, 0.5) is 13.2 Å². The molecule has 0 aliphatic carbocycles. The Balaban J connectivity index is 1.66. The predicted molar refractivity (Wildman–Crippen MR) is 99.9 cm³/mol. The molecule has 0 aliphatic heterocycles. The molecule has 1 amide bonds. The third-order valence-electron chi connectivity index (χ3n) is 3.82. The fraction of sp³-hybridized carbons (Fsp3) is 0.111. The maximum atomic E-state index is 12.6. The summed E-state index contributed by atoms with van der Waals surface area (Å²) in [4.78, 5) is 25.1. The summed E-state index contributed by atoms with van der Waals surface area (Å²) in [7, 11) is 0. The van der Waals surface area contributed by atoms with Gasteiger partial charge in [-0.15, -0.1) is 9.89 Å². The van der Waals surface area contributed by atoms with Gasteiger partial charge in [-0.2, -0.15) is 23.5 Å². The fourth-order valence-electron chi connectivity index (χ4n) is 2.29. The van der Waals surface area contributed by atoms with Gasteiger partial charge in [0.2, 0.25) is 5.69 Å². The zero-order chi connectivity index (χ0) is 21.0. The molecule has 3 rings (SSSR count). The lowest BCUT2D eigenvalue weighted by Gasteiger charge is -2.08. The Morgan fingerprint density at radius 2 is 1.90 bits per heavy atom. The Hall–Kier alpha value is -3.40. The summed E-state index contributed by atoms with van der Waals surface area (Å²) in [5, 5.41) is 12.7. The average molecular weight is 424 g/mol. The molecule has 0 aliphatic rings. The van der Waals surface area contributed by atoms with E-state index in [4.69, 9.17) is 11.6 Å². The number of carbonyl (C=O) groups excluding carboxylic acids is 1. The number of carbonyl (C=O) groups is 1. The number of hydrogen-bond acceptors (Lipinski definition) is 4. The van der Waals surface area contributed by atoms with Crippen LogP contribution in [0.2, 0.25) is 5.02 Å². The second-order valence-corrected chi connectivity index (χ2v) is 6.23. The van der Waals surface area contributed by atoms with Crippen LogP contribution in [0.15, 0.2) is 58.4 Å². The summed E-state index contributed by atoms with van der Waals surface area (Å²) in [6.45, 7) is -0.0772. The third kappa shape index (κ3) is 4.91. The van der Waals surface area contributed by atoms with Crippen LogP contribution in [0, 0.1) is 0 Å². The third-order valence-corrected chi connectivity index (χ3v) is 4.16. The van der Waals surface area contributed by atoms with Crippen molar-refractivity contribution < 1.29 is 18.0 Å². The minimum Gasteiger partial charge on any atom is -0.346 e. The van der Waals surface area contributed by atoms with Gasteiger partial charge in [0.25, 0.3) is 5.91 Å². The summed E-state index contributed by atoms with van der Waals surface area (Å²) in [6, 6.07) is 11.1. The molecule has 0 bridgehead atoms. The number of nitrogens with zero attached hydrogens (tertiary/aromatic N) is 3. The highest BCUT2D eigenvalue weighted by atomic mass is 35.5. The Morgan fingerprint density at radius 1 is 1.21 bits per heavy atom. The normalized spacial score (nSPS) is 11.7. The zero-order valence-corrected chi connectivity index (χ0v) is 15.3. The van der Waals surface area contributed by atoms with Gasteiger partial charge in [0.1, 0.15) is 0 Å². The minimum atomic E-state index is -4.44. The van der Waals surface area contributed by atoms with Gasteiger partial charge in [-0.1, -0.05) is 41.9 Å². The van der Waals surface area contributed by atoms with Crippen LogP contribution in [-0.2, 0) is 12.7 Å². The van der Waals surface area contributed by atoms with E-state index in [1.807, 2.05) is 0 Å². The highest BCUT2D eigenvalue weighted by Gasteiger charge is 2.29. The van der Waals surface area contributed by atoms with E-state index in [1.54, 1.807) is 24.3 Å². The molecule has 0 atom stereocenters. The molecule has 0 radical (unpaired) electrons. The molecule has 11 heteroatoms. The second-order valence-electron chi connectivity index (χ2n) is 5.82. The van der Waals surface area contributed by atoms with E-state index in [-0.39, 0.29) is 6.54 Å². The lowest BCUT2D eigenvalue weighted by molar-refractivity contribution is -0.137. The number of hydrogen-bond donors (Lipinski definition) is 2. The van der Waals surface area contributed by atoms with Crippen LogP contribution in [-0.4, -0.2) is 27.2 Å². The summed E-state index contributed by atoms with van der Waals surface area (Å²) in [5.74, 6) is -0.794. The molecule has 0 saturated heterocycles. The number of H-pyrrole nitrogens is 1. The van der Waals surface area contributed by atoms with Gasteiger partial charge >= 0.3 is 11.7 Å². The maximum Gasteiger partial charge on any atom is 0.416 e. The smallest absolute Gasteiger partial charge is 0.346 e. The number of benzene rings is 2. The van der Waals surface area contributed by atoms with Crippen LogP contribution in [0.5, 0.6) is 0 Å². The molecule has 0 saturated carbocycles. The Bertz CT molecular complexity index is 1100. The van der Waals surface area contributed by atoms with Gasteiger partial charge in [0.15, 0.2) is 0 Å². The van der Waals surface area contributed by atoms with Gasteiger partial charge in [0.05, 0.1) is 11.8 Å². The first-order valence-electron chi connectivity index (χ1n) is 8.16. The number of amides is 1. The van der Waals surface area contributed by atoms with Gasteiger partial charge < -0.3 is 5.32 Å². The van der Waals surface area contributed by atoms with Gasteiger partial charge in [-0.05, 0) is 23.8 Å². The van der Waals surface area contributed by atoms with Gasteiger partial charge in [-0.25, -0.2) is 0 Å². The van der Waals surface area contributed by atoms with Crippen molar-refractivity contribution in [2.45, 2.75) is 12.7 Å². The van der Waals surface area contributed by atoms with Crippen molar-refractivity contribution in [1.29, 1.82) is 0 Å². The molecule has 3 aromatic rings. The number of aromatic amines is 1. The van der Waals surface area contributed by atoms with Crippen molar-refractivity contribution in [3.8, 4) is 0 Å². The minimum absolute atomic E-state index is 0.0772. The molecular formula is C18H13ClF3N5O2. The summed E-state index contributed by atoms with van der Waals surface area (Å²) in [5.41, 5.74) is -1.03. The number of rotatable bonds is 5. The quantitative estimate of drug-likeness (QED) is 0.618. The molecule has 150 valence electrons. The number of halogens is 4. The first kappa shape index (κ1) is 20.3. The van der Waals surface area contributed by atoms with E-state index in [1.165, 1.54) is 18.3 Å². The SMILES string of the molecule is O=C(NCc1ccc(C(F)(F)F)cc1)c1n[nH]n(N=Cc2ccccc2Cl)c1=O. The molecule has 2 aromatic carbocycles. The maximum absolute atomic E-state index is 12.6. The highest BCUT2D eigenvalue weighted by molar-refractivity contribution is 6.33. The molecule has 0 unspecified atom stereocenters. The van der Waals surface area contributed by atoms with E-state index >= 15 is 0 Å². The van der Waals surface area contributed by atoms with Crippen LogP contribution >= 0.6 is 11.6 Å². The first-order valence-corrected chi connectivity index (χ1v) is 8.54. The predicted octanol–water partition coefficient (Wildman–Crippen LogP) is 3.06. The van der Waals surface area contributed by atoms with Crippen molar-refractivity contribution in [1.82, 2.24) is 20.4 Å². The van der Waals surface area contributed by atoms with Crippen LogP contribution in [0.1, 0.15) is 27.2 Å². The van der Waals surface area contributed by atoms with Crippen LogP contribution < -0.4 is 10.9 Å². The molecule has 0 spiro atoms. The van der Waals surface area contributed by atoms with E-state index in [0.29, 0.717) is 16.1 Å². The van der Waals surface area contributed by atoms with Crippen LogP contribution in [0.25, 0.3) is 0 Å².